The molecule has 0 amide bonds. The Labute approximate surface area is 174 Å². The zero-order valence-corrected chi connectivity index (χ0v) is 17.3. The number of nitrogens with one attached hydrogen (secondary N) is 1. The minimum absolute atomic E-state index is 0.487. The minimum Gasteiger partial charge on any atom is -0.497 e. The van der Waals surface area contributed by atoms with Gasteiger partial charge in [-0.15, -0.1) is 0 Å². The van der Waals surface area contributed by atoms with Crippen molar-refractivity contribution in [3.63, 3.8) is 0 Å². The molecule has 0 spiro atoms. The van der Waals surface area contributed by atoms with Crippen LogP contribution < -0.4 is 10.1 Å². The topological polar surface area (TPSA) is 98.8 Å². The number of hydrogen-bond donors (Lipinski definition) is 1. The summed E-state index contributed by atoms with van der Waals surface area (Å²) in [6.07, 6.45) is 5.14. The highest BCUT2D eigenvalue weighted by atomic mass is 16.5. The number of anilines is 1. The van der Waals surface area contributed by atoms with Gasteiger partial charge in [0.1, 0.15) is 17.1 Å². The Morgan fingerprint density at radius 1 is 0.967 bits per heavy atom. The Hall–Kier alpha value is -3.81. The van der Waals surface area contributed by atoms with Gasteiger partial charge < -0.3 is 14.6 Å². The van der Waals surface area contributed by atoms with Crippen LogP contribution in [0.25, 0.3) is 22.7 Å². The number of rotatable bonds is 6. The molecule has 0 aliphatic rings. The molecule has 0 saturated heterocycles. The quantitative estimate of drug-likeness (QED) is 0.514. The number of aromatic nitrogens is 5. The monoisotopic (exact) mass is 402 g/mol. The van der Waals surface area contributed by atoms with Crippen molar-refractivity contribution in [1.29, 1.82) is 0 Å². The first-order chi connectivity index (χ1) is 14.5. The molecule has 0 fully saturated rings. The maximum absolute atomic E-state index is 5.55. The molecular formula is C22H22N6O2. The van der Waals surface area contributed by atoms with E-state index in [1.165, 1.54) is 0 Å². The Morgan fingerprint density at radius 3 is 2.40 bits per heavy atom. The Balaban J connectivity index is 1.68. The number of methoxy groups -OCH3 is 1. The Kier molecular flexibility index (Phi) is 5.38. The average Bonchev–Trinajstić information content (AvgIpc) is 3.11. The van der Waals surface area contributed by atoms with Gasteiger partial charge >= 0.3 is 0 Å². The molecule has 3 aromatic heterocycles. The van der Waals surface area contributed by atoms with Crippen LogP contribution in [0.5, 0.6) is 5.75 Å². The standard InChI is InChI=1S/C22H22N6O2/c1-13-9-24-19(12-23-13)20-18(21-14(2)15(3)28-30-21)11-26-22(27-20)25-10-16-5-7-17(29-4)8-6-16/h5-9,11-12H,10H2,1-4H3,(H,25,26,27). The van der Waals surface area contributed by atoms with Crippen molar-refractivity contribution < 1.29 is 9.26 Å². The van der Waals surface area contributed by atoms with E-state index < -0.39 is 0 Å². The van der Waals surface area contributed by atoms with Gasteiger partial charge in [-0.05, 0) is 38.5 Å². The lowest BCUT2D eigenvalue weighted by Crippen LogP contribution is -2.05. The molecular weight excluding hydrogens is 380 g/mol. The molecule has 0 atom stereocenters. The van der Waals surface area contributed by atoms with Crippen LogP contribution in [0.3, 0.4) is 0 Å². The highest BCUT2D eigenvalue weighted by Crippen LogP contribution is 2.32. The summed E-state index contributed by atoms with van der Waals surface area (Å²) in [6.45, 7) is 6.33. The van der Waals surface area contributed by atoms with Gasteiger partial charge in [0.25, 0.3) is 0 Å². The number of aryl methyl sites for hydroxylation is 2. The van der Waals surface area contributed by atoms with E-state index in [1.807, 2.05) is 45.0 Å². The summed E-state index contributed by atoms with van der Waals surface area (Å²) in [5.41, 5.74) is 5.68. The van der Waals surface area contributed by atoms with E-state index >= 15 is 0 Å². The summed E-state index contributed by atoms with van der Waals surface area (Å²) in [6, 6.07) is 7.83. The van der Waals surface area contributed by atoms with Crippen LogP contribution in [0.1, 0.15) is 22.5 Å². The van der Waals surface area contributed by atoms with Crippen molar-refractivity contribution in [2.24, 2.45) is 0 Å². The van der Waals surface area contributed by atoms with Crippen LogP contribution in [-0.4, -0.2) is 32.2 Å². The minimum atomic E-state index is 0.487. The Bertz CT molecular complexity index is 1150. The van der Waals surface area contributed by atoms with Gasteiger partial charge in [0.15, 0.2) is 5.76 Å². The lowest BCUT2D eigenvalue weighted by molar-refractivity contribution is 0.414. The predicted octanol–water partition coefficient (Wildman–Crippen LogP) is 4.13. The van der Waals surface area contributed by atoms with Crippen molar-refractivity contribution in [2.45, 2.75) is 27.3 Å². The van der Waals surface area contributed by atoms with Crippen molar-refractivity contribution in [3.05, 3.63) is 65.4 Å². The van der Waals surface area contributed by atoms with Gasteiger partial charge in [-0.2, -0.15) is 0 Å². The van der Waals surface area contributed by atoms with E-state index in [2.05, 4.69) is 25.4 Å². The van der Waals surface area contributed by atoms with Crippen molar-refractivity contribution in [3.8, 4) is 28.5 Å². The zero-order chi connectivity index (χ0) is 21.1. The Morgan fingerprint density at radius 2 is 1.77 bits per heavy atom. The molecule has 0 saturated carbocycles. The summed E-state index contributed by atoms with van der Waals surface area (Å²) in [7, 11) is 1.65. The van der Waals surface area contributed by atoms with Crippen molar-refractivity contribution in [1.82, 2.24) is 25.1 Å². The largest absolute Gasteiger partial charge is 0.497 e. The van der Waals surface area contributed by atoms with Crippen LogP contribution in [0.4, 0.5) is 5.95 Å². The maximum Gasteiger partial charge on any atom is 0.223 e. The van der Waals surface area contributed by atoms with Gasteiger partial charge in [0.05, 0.1) is 30.3 Å². The average molecular weight is 402 g/mol. The fourth-order valence-electron chi connectivity index (χ4n) is 2.93. The summed E-state index contributed by atoms with van der Waals surface area (Å²) in [5.74, 6) is 1.93. The molecule has 30 heavy (non-hydrogen) atoms. The van der Waals surface area contributed by atoms with E-state index in [4.69, 9.17) is 14.2 Å². The molecule has 1 N–H and O–H groups in total. The third-order valence-electron chi connectivity index (χ3n) is 4.82. The molecule has 0 aliphatic heterocycles. The maximum atomic E-state index is 5.55. The first-order valence-corrected chi connectivity index (χ1v) is 9.51. The van der Waals surface area contributed by atoms with E-state index in [1.54, 1.807) is 25.7 Å². The van der Waals surface area contributed by atoms with E-state index in [0.717, 1.165) is 33.8 Å². The molecule has 152 valence electrons. The van der Waals surface area contributed by atoms with Gasteiger partial charge in [0, 0.05) is 24.5 Å². The highest BCUT2D eigenvalue weighted by molar-refractivity contribution is 5.77. The normalized spacial score (nSPS) is 10.8. The smallest absolute Gasteiger partial charge is 0.223 e. The van der Waals surface area contributed by atoms with Gasteiger partial charge in [-0.25, -0.2) is 9.97 Å². The highest BCUT2D eigenvalue weighted by Gasteiger charge is 2.19. The number of ether oxygens (including phenoxy) is 1. The fraction of sp³-hybridized carbons (Fsp3) is 0.227. The fourth-order valence-corrected chi connectivity index (χ4v) is 2.93. The summed E-state index contributed by atoms with van der Waals surface area (Å²) < 4.78 is 10.7. The van der Waals surface area contributed by atoms with E-state index in [9.17, 15) is 0 Å². The number of benzene rings is 1. The molecule has 0 unspecified atom stereocenters. The van der Waals surface area contributed by atoms with Crippen molar-refractivity contribution in [2.75, 3.05) is 12.4 Å². The van der Waals surface area contributed by atoms with Crippen molar-refractivity contribution >= 4 is 5.95 Å². The van der Waals surface area contributed by atoms with Gasteiger partial charge in [-0.3, -0.25) is 9.97 Å². The summed E-state index contributed by atoms with van der Waals surface area (Å²) >= 11 is 0. The second kappa shape index (κ2) is 8.28. The number of hydrogen-bond acceptors (Lipinski definition) is 8. The number of nitrogens with zero attached hydrogens (tertiary/aromatic N) is 5. The SMILES string of the molecule is COc1ccc(CNc2ncc(-c3onc(C)c3C)c(-c3cnc(C)cn3)n2)cc1. The van der Waals surface area contributed by atoms with Crippen LogP contribution in [0, 0.1) is 20.8 Å². The van der Waals surface area contributed by atoms with Crippen LogP contribution >= 0.6 is 0 Å². The molecule has 0 aliphatic carbocycles. The third kappa shape index (κ3) is 3.98. The van der Waals surface area contributed by atoms with E-state index in [-0.39, 0.29) is 0 Å². The second-order valence-electron chi connectivity index (χ2n) is 6.92. The lowest BCUT2D eigenvalue weighted by atomic mass is 10.1. The predicted molar refractivity (Wildman–Crippen MR) is 113 cm³/mol. The van der Waals surface area contributed by atoms with Gasteiger partial charge in [-0.1, -0.05) is 17.3 Å². The third-order valence-corrected chi connectivity index (χ3v) is 4.82. The van der Waals surface area contributed by atoms with Gasteiger partial charge in [0.2, 0.25) is 5.95 Å². The molecule has 8 nitrogen and oxygen atoms in total. The molecule has 0 bridgehead atoms. The summed E-state index contributed by atoms with van der Waals surface area (Å²) in [5, 5.41) is 7.32. The molecule has 3 heterocycles. The first kappa shape index (κ1) is 19.5. The van der Waals surface area contributed by atoms with E-state index in [0.29, 0.717) is 29.6 Å². The molecule has 4 rings (SSSR count). The molecule has 1 aromatic carbocycles. The molecule has 4 aromatic rings. The molecule has 8 heteroatoms. The second-order valence-corrected chi connectivity index (χ2v) is 6.92. The van der Waals surface area contributed by atoms with Crippen LogP contribution in [0.2, 0.25) is 0 Å². The summed E-state index contributed by atoms with van der Waals surface area (Å²) in [4.78, 5) is 18.0. The van der Waals surface area contributed by atoms with Crippen LogP contribution in [0.15, 0.2) is 47.4 Å². The van der Waals surface area contributed by atoms with Crippen LogP contribution in [-0.2, 0) is 6.54 Å². The lowest BCUT2D eigenvalue weighted by Gasteiger charge is -2.10. The first-order valence-electron chi connectivity index (χ1n) is 9.51. The molecule has 0 radical (unpaired) electrons. The zero-order valence-electron chi connectivity index (χ0n) is 17.3.